The molecular formula is C24H25N7O6S3. The standard InChI is InChI=1S/C24H25N7O6S3/c1-2-37-28-17(15-12-40-24(25)26-15)20(33)27-18-21(34)31-19(23(35)36)13(11-39-22(18)31)9-29-5-6-30-14(10-29)3-4-16(30)38-8-7-32/h3-6,10,12,18,22,32H,2,7-9,11H2,1H3,(H3-,25,26,27,33,35,36)/b28-17-/t18-,22-/m1/s1. The molecule has 0 saturated carbocycles. The van der Waals surface area contributed by atoms with E-state index >= 15 is 0 Å². The number of aromatic nitrogens is 3. The second kappa shape index (κ2) is 11.9. The predicted molar refractivity (Wildman–Crippen MR) is 147 cm³/mol. The van der Waals surface area contributed by atoms with Gasteiger partial charge in [-0.1, -0.05) is 5.16 Å². The molecule has 210 valence electrons. The number of anilines is 1. The molecule has 40 heavy (non-hydrogen) atoms. The van der Waals surface area contributed by atoms with Gasteiger partial charge in [-0.05, 0) is 19.1 Å². The van der Waals surface area contributed by atoms with Crippen LogP contribution >= 0.6 is 34.9 Å². The molecule has 2 aliphatic heterocycles. The van der Waals surface area contributed by atoms with E-state index in [0.29, 0.717) is 17.1 Å². The zero-order chi connectivity index (χ0) is 28.4. The number of thiazole rings is 1. The Morgan fingerprint density at radius 1 is 1.43 bits per heavy atom. The molecule has 3 aromatic heterocycles. The van der Waals surface area contributed by atoms with Crippen molar-refractivity contribution in [2.45, 2.75) is 29.9 Å². The first-order valence-corrected chi connectivity index (χ1v) is 15.1. The van der Waals surface area contributed by atoms with Gasteiger partial charge in [0.25, 0.3) is 11.8 Å². The number of fused-ring (bicyclic) bond motifs is 2. The molecule has 0 unspecified atom stereocenters. The number of aliphatic hydroxyl groups excluding tert-OH is 1. The van der Waals surface area contributed by atoms with E-state index in [4.69, 9.17) is 15.7 Å². The van der Waals surface area contributed by atoms with Gasteiger partial charge < -0.3 is 35.3 Å². The van der Waals surface area contributed by atoms with Crippen LogP contribution in [0.2, 0.25) is 0 Å². The number of thioether (sulfide) groups is 2. The number of hydrogen-bond acceptors (Lipinski definition) is 12. The molecule has 0 radical (unpaired) electrons. The first-order chi connectivity index (χ1) is 19.3. The van der Waals surface area contributed by atoms with Crippen molar-refractivity contribution in [1.29, 1.82) is 0 Å². The second-order valence-corrected chi connectivity index (χ2v) is 11.8. The Morgan fingerprint density at radius 3 is 2.95 bits per heavy atom. The number of amides is 2. The molecule has 5 rings (SSSR count). The number of carbonyl (C=O) groups is 3. The van der Waals surface area contributed by atoms with Gasteiger partial charge in [0, 0.05) is 22.5 Å². The summed E-state index contributed by atoms with van der Waals surface area (Å²) in [5.41, 5.74) is 7.00. The number of nitrogens with one attached hydrogen (secondary N) is 1. The molecule has 0 aliphatic carbocycles. The highest BCUT2D eigenvalue weighted by Gasteiger charge is 2.53. The van der Waals surface area contributed by atoms with Crippen molar-refractivity contribution in [3.8, 4) is 0 Å². The van der Waals surface area contributed by atoms with Crippen molar-refractivity contribution in [3.05, 3.63) is 53.1 Å². The largest absolute Gasteiger partial charge is 0.543 e. The predicted octanol–water partition coefficient (Wildman–Crippen LogP) is -0.805. The number of aliphatic carboxylic acids is 1. The Labute approximate surface area is 240 Å². The summed E-state index contributed by atoms with van der Waals surface area (Å²) in [7, 11) is 0. The molecule has 16 heteroatoms. The third-order valence-electron chi connectivity index (χ3n) is 6.12. The number of nitrogens with two attached hydrogens (primary N) is 1. The highest BCUT2D eigenvalue weighted by atomic mass is 32.2. The molecule has 4 N–H and O–H groups in total. The maximum Gasteiger partial charge on any atom is 0.276 e. The molecule has 13 nitrogen and oxygen atoms in total. The minimum absolute atomic E-state index is 0.0756. The van der Waals surface area contributed by atoms with E-state index < -0.39 is 29.2 Å². The normalized spacial score (nSPS) is 19.0. The monoisotopic (exact) mass is 603 g/mol. The maximum absolute atomic E-state index is 13.1. The summed E-state index contributed by atoms with van der Waals surface area (Å²) >= 11 is 4.01. The molecule has 2 atom stereocenters. The summed E-state index contributed by atoms with van der Waals surface area (Å²) in [6.45, 7) is 2.23. The van der Waals surface area contributed by atoms with Crippen LogP contribution in [0.15, 0.2) is 57.6 Å². The van der Waals surface area contributed by atoms with E-state index in [-0.39, 0.29) is 42.0 Å². The Morgan fingerprint density at radius 2 is 2.25 bits per heavy atom. The molecule has 3 aromatic rings. The van der Waals surface area contributed by atoms with Crippen LogP contribution in [0.4, 0.5) is 5.13 Å². The summed E-state index contributed by atoms with van der Waals surface area (Å²) in [5, 5.41) is 29.9. The molecule has 0 spiro atoms. The number of carboxylic acids is 1. The van der Waals surface area contributed by atoms with Crippen molar-refractivity contribution in [1.82, 2.24) is 19.6 Å². The Bertz CT molecular complexity index is 1530. The maximum atomic E-state index is 13.1. The number of oxime groups is 1. The SMILES string of the molecule is CCO/N=C(\C(=O)N[C@@H]1C(=O)N2C(C(=O)[O-])=C(C[n+]3ccn4c(SCCO)ccc4c3)CS[C@H]12)c1csc(N)n1. The van der Waals surface area contributed by atoms with Gasteiger partial charge in [0.05, 0.1) is 29.5 Å². The van der Waals surface area contributed by atoms with Crippen LogP contribution in [-0.2, 0) is 25.8 Å². The first kappa shape index (κ1) is 27.9. The molecule has 2 amide bonds. The number of aliphatic hydroxyl groups is 1. The van der Waals surface area contributed by atoms with Gasteiger partial charge in [-0.15, -0.1) is 34.9 Å². The van der Waals surface area contributed by atoms with Crippen molar-refractivity contribution >= 4 is 69.0 Å². The van der Waals surface area contributed by atoms with Gasteiger partial charge in [-0.25, -0.2) is 4.98 Å². The molecular weight excluding hydrogens is 579 g/mol. The smallest absolute Gasteiger partial charge is 0.276 e. The molecule has 1 saturated heterocycles. The minimum atomic E-state index is -1.46. The van der Waals surface area contributed by atoms with Gasteiger partial charge in [0.15, 0.2) is 29.8 Å². The average Bonchev–Trinajstić information content (AvgIpc) is 3.55. The summed E-state index contributed by atoms with van der Waals surface area (Å²) in [4.78, 5) is 48.6. The number of carboxylic acid groups (broad SMARTS) is 1. The highest BCUT2D eigenvalue weighted by Crippen LogP contribution is 2.40. The number of hydrogen-bond donors (Lipinski definition) is 3. The van der Waals surface area contributed by atoms with E-state index in [1.807, 2.05) is 39.7 Å². The zero-order valence-corrected chi connectivity index (χ0v) is 23.6. The molecule has 0 bridgehead atoms. The minimum Gasteiger partial charge on any atom is -0.543 e. The number of nitrogen functional groups attached to an aromatic ring is 1. The van der Waals surface area contributed by atoms with E-state index in [0.717, 1.165) is 21.9 Å². The molecule has 2 aliphatic rings. The quantitative estimate of drug-likeness (QED) is 0.0826. The van der Waals surface area contributed by atoms with Crippen LogP contribution in [-0.4, -0.2) is 79.0 Å². The van der Waals surface area contributed by atoms with Crippen LogP contribution in [0.5, 0.6) is 0 Å². The van der Waals surface area contributed by atoms with Crippen LogP contribution in [0, 0.1) is 0 Å². The Balaban J connectivity index is 1.33. The Hall–Kier alpha value is -3.60. The number of nitrogens with zero attached hydrogens (tertiary/aromatic N) is 5. The summed E-state index contributed by atoms with van der Waals surface area (Å²) in [6.07, 6.45) is 5.56. The lowest BCUT2D eigenvalue weighted by molar-refractivity contribution is -0.688. The fraction of sp³-hybridized carbons (Fsp3) is 0.333. The van der Waals surface area contributed by atoms with Crippen LogP contribution in [0.1, 0.15) is 12.6 Å². The van der Waals surface area contributed by atoms with Gasteiger partial charge in [-0.3, -0.25) is 14.5 Å². The van der Waals surface area contributed by atoms with Crippen molar-refractivity contribution in [2.24, 2.45) is 5.16 Å². The summed E-state index contributed by atoms with van der Waals surface area (Å²) < 4.78 is 3.82. The van der Waals surface area contributed by atoms with Crippen molar-refractivity contribution in [3.63, 3.8) is 0 Å². The van der Waals surface area contributed by atoms with E-state index in [1.54, 1.807) is 12.3 Å². The molecule has 1 fully saturated rings. The Kier molecular flexibility index (Phi) is 8.30. The van der Waals surface area contributed by atoms with E-state index in [9.17, 15) is 19.5 Å². The van der Waals surface area contributed by atoms with Gasteiger partial charge in [0.2, 0.25) is 0 Å². The van der Waals surface area contributed by atoms with E-state index in [2.05, 4.69) is 15.5 Å². The number of rotatable bonds is 11. The third kappa shape index (κ3) is 5.39. The van der Waals surface area contributed by atoms with Crippen LogP contribution < -0.4 is 20.7 Å². The second-order valence-electron chi connectivity index (χ2n) is 8.67. The topological polar surface area (TPSA) is 179 Å². The van der Waals surface area contributed by atoms with Crippen LogP contribution in [0.25, 0.3) is 5.52 Å². The third-order valence-corrected chi connectivity index (χ3v) is 9.15. The van der Waals surface area contributed by atoms with E-state index in [1.165, 1.54) is 28.4 Å². The first-order valence-electron chi connectivity index (χ1n) is 12.2. The fourth-order valence-corrected chi connectivity index (χ4v) is 7.05. The summed E-state index contributed by atoms with van der Waals surface area (Å²) in [5.74, 6) is -1.80. The molecule has 5 heterocycles. The fourth-order valence-electron chi connectivity index (χ4n) is 4.39. The highest BCUT2D eigenvalue weighted by molar-refractivity contribution is 8.00. The number of β-lactam (4-membered cyclic amide) rings is 1. The lowest BCUT2D eigenvalue weighted by Crippen LogP contribution is -2.71. The molecule has 0 aromatic carbocycles. The van der Waals surface area contributed by atoms with Gasteiger partial charge >= 0.3 is 0 Å². The average molecular weight is 604 g/mol. The van der Waals surface area contributed by atoms with Crippen molar-refractivity contribution < 1.29 is 34.0 Å². The number of carbonyl (C=O) groups excluding carboxylic acids is 3. The van der Waals surface area contributed by atoms with Crippen LogP contribution in [0.3, 0.4) is 0 Å². The lowest BCUT2D eigenvalue weighted by Gasteiger charge is -2.50. The van der Waals surface area contributed by atoms with Gasteiger partial charge in [-0.2, -0.15) is 4.57 Å². The lowest BCUT2D eigenvalue weighted by atomic mass is 10.0. The zero-order valence-electron chi connectivity index (χ0n) is 21.2. The van der Waals surface area contributed by atoms with Crippen molar-refractivity contribution in [2.75, 3.05) is 30.5 Å². The summed E-state index contributed by atoms with van der Waals surface area (Å²) in [6, 6.07) is 2.93. The van der Waals surface area contributed by atoms with Gasteiger partial charge in [0.1, 0.15) is 29.2 Å².